The number of carbonyl (C=O) groups is 1. The van der Waals surface area contributed by atoms with Crippen LogP contribution in [0.5, 0.6) is 5.75 Å². The van der Waals surface area contributed by atoms with Gasteiger partial charge in [-0.05, 0) is 56.6 Å². The molecule has 1 aliphatic heterocycles. The predicted octanol–water partition coefficient (Wildman–Crippen LogP) is 3.06. The number of benzene rings is 1. The molecule has 2 rings (SSSR count). The Labute approximate surface area is 149 Å². The van der Waals surface area contributed by atoms with Gasteiger partial charge in [-0.2, -0.15) is 0 Å². The van der Waals surface area contributed by atoms with Gasteiger partial charge in [0.25, 0.3) is 0 Å². The lowest BCUT2D eigenvalue weighted by Gasteiger charge is -2.32. The molecule has 1 N–H and O–H groups in total. The fraction of sp³-hybridized carbons (Fsp3) is 0.588. The van der Waals surface area contributed by atoms with E-state index in [9.17, 15) is 4.79 Å². The molecule has 1 fully saturated rings. The predicted molar refractivity (Wildman–Crippen MR) is 98.8 cm³/mol. The lowest BCUT2D eigenvalue weighted by molar-refractivity contribution is -0.132. The highest BCUT2D eigenvalue weighted by atomic mass is 35.5. The number of carbonyl (C=O) groups excluding carboxylic acids is 1. The minimum atomic E-state index is 0. The van der Waals surface area contributed by atoms with Gasteiger partial charge < -0.3 is 15.0 Å². The van der Waals surface area contributed by atoms with E-state index in [4.69, 9.17) is 4.74 Å². The maximum Gasteiger partial charge on any atom is 0.223 e. The second-order valence-corrected chi connectivity index (χ2v) is 6.82. The zero-order valence-electron chi connectivity index (χ0n) is 13.9. The van der Waals surface area contributed by atoms with Crippen LogP contribution in [0.1, 0.15) is 19.3 Å². The van der Waals surface area contributed by atoms with Crippen molar-refractivity contribution < 1.29 is 9.53 Å². The molecule has 130 valence electrons. The van der Waals surface area contributed by atoms with E-state index in [1.54, 1.807) is 18.9 Å². The molecule has 0 aromatic heterocycles. The van der Waals surface area contributed by atoms with Crippen LogP contribution in [0.2, 0.25) is 0 Å². The van der Waals surface area contributed by atoms with Crippen molar-refractivity contribution in [2.24, 2.45) is 5.92 Å². The number of hydrogen-bond donors (Lipinski definition) is 1. The number of thioether (sulfide) groups is 1. The maximum absolute atomic E-state index is 12.2. The molecular formula is C17H27ClN2O2S. The zero-order chi connectivity index (χ0) is 15.8. The molecule has 0 bridgehead atoms. The van der Waals surface area contributed by atoms with Crippen molar-refractivity contribution in [3.63, 3.8) is 0 Å². The third-order valence-corrected chi connectivity index (χ3v) is 5.12. The molecule has 1 heterocycles. The molecule has 0 radical (unpaired) electrons. The Morgan fingerprint density at radius 3 is 2.52 bits per heavy atom. The van der Waals surface area contributed by atoms with Gasteiger partial charge in [-0.25, -0.2) is 0 Å². The highest BCUT2D eigenvalue weighted by Crippen LogP contribution is 2.23. The first kappa shape index (κ1) is 20.1. The van der Waals surface area contributed by atoms with Gasteiger partial charge in [-0.1, -0.05) is 0 Å². The van der Waals surface area contributed by atoms with E-state index >= 15 is 0 Å². The molecule has 6 heteroatoms. The van der Waals surface area contributed by atoms with Crippen LogP contribution >= 0.6 is 24.2 Å². The summed E-state index contributed by atoms with van der Waals surface area (Å²) in [5.41, 5.74) is 0. The van der Waals surface area contributed by atoms with Crippen molar-refractivity contribution in [3.8, 4) is 5.75 Å². The Balaban J connectivity index is 0.00000264. The number of piperidine rings is 1. The molecular weight excluding hydrogens is 332 g/mol. The first-order chi connectivity index (χ1) is 10.7. The number of nitrogens with zero attached hydrogens (tertiary/aromatic N) is 1. The minimum absolute atomic E-state index is 0. The van der Waals surface area contributed by atoms with Crippen LogP contribution in [-0.4, -0.2) is 50.4 Å². The molecule has 1 amide bonds. The molecule has 23 heavy (non-hydrogen) atoms. The molecule has 1 aromatic carbocycles. The number of nitrogens with one attached hydrogen (secondary N) is 1. The largest absolute Gasteiger partial charge is 0.497 e. The molecule has 0 unspecified atom stereocenters. The molecule has 0 spiro atoms. The van der Waals surface area contributed by atoms with Crippen LogP contribution in [0.15, 0.2) is 29.2 Å². The second-order valence-electron chi connectivity index (χ2n) is 5.66. The maximum atomic E-state index is 12.2. The van der Waals surface area contributed by atoms with Crippen LogP contribution in [-0.2, 0) is 4.79 Å². The smallest absolute Gasteiger partial charge is 0.223 e. The van der Waals surface area contributed by atoms with Crippen molar-refractivity contribution in [3.05, 3.63) is 24.3 Å². The van der Waals surface area contributed by atoms with Gasteiger partial charge >= 0.3 is 0 Å². The highest BCUT2D eigenvalue weighted by molar-refractivity contribution is 7.99. The highest BCUT2D eigenvalue weighted by Gasteiger charge is 2.21. The summed E-state index contributed by atoms with van der Waals surface area (Å²) in [6.07, 6.45) is 2.86. The van der Waals surface area contributed by atoms with E-state index < -0.39 is 0 Å². The minimum Gasteiger partial charge on any atom is -0.497 e. The first-order valence-electron chi connectivity index (χ1n) is 7.92. The van der Waals surface area contributed by atoms with Crippen molar-refractivity contribution in [1.29, 1.82) is 0 Å². The number of amides is 1. The second kappa shape index (κ2) is 10.8. The lowest BCUT2D eigenvalue weighted by Crippen LogP contribution is -2.40. The van der Waals surface area contributed by atoms with Gasteiger partial charge in [0.05, 0.1) is 7.11 Å². The third-order valence-electron chi connectivity index (χ3n) is 4.10. The van der Waals surface area contributed by atoms with Gasteiger partial charge in [0, 0.05) is 30.2 Å². The number of likely N-dealkylation sites (tertiary alicyclic amines) is 1. The summed E-state index contributed by atoms with van der Waals surface area (Å²) in [4.78, 5) is 15.4. The summed E-state index contributed by atoms with van der Waals surface area (Å²) in [6, 6.07) is 7.99. The molecule has 1 saturated heterocycles. The zero-order valence-corrected chi connectivity index (χ0v) is 15.5. The summed E-state index contributed by atoms with van der Waals surface area (Å²) < 4.78 is 5.14. The van der Waals surface area contributed by atoms with Gasteiger partial charge in [0.2, 0.25) is 5.91 Å². The molecule has 0 aliphatic carbocycles. The van der Waals surface area contributed by atoms with E-state index in [2.05, 4.69) is 5.32 Å². The summed E-state index contributed by atoms with van der Waals surface area (Å²) >= 11 is 1.73. The Morgan fingerprint density at radius 1 is 1.30 bits per heavy atom. The number of methoxy groups -OCH3 is 1. The van der Waals surface area contributed by atoms with Gasteiger partial charge in [0.15, 0.2) is 0 Å². The van der Waals surface area contributed by atoms with E-state index in [0.29, 0.717) is 12.3 Å². The topological polar surface area (TPSA) is 41.6 Å². The molecule has 4 nitrogen and oxygen atoms in total. The van der Waals surface area contributed by atoms with Gasteiger partial charge in [-0.15, -0.1) is 24.2 Å². The summed E-state index contributed by atoms with van der Waals surface area (Å²) in [5, 5.41) is 3.23. The Kier molecular flexibility index (Phi) is 9.44. The molecule has 1 aliphatic rings. The normalized spacial score (nSPS) is 15.1. The molecule has 0 atom stereocenters. The van der Waals surface area contributed by atoms with Crippen LogP contribution in [0.3, 0.4) is 0 Å². The Morgan fingerprint density at radius 2 is 1.96 bits per heavy atom. The van der Waals surface area contributed by atoms with E-state index in [-0.39, 0.29) is 12.4 Å². The van der Waals surface area contributed by atoms with Crippen molar-refractivity contribution in [1.82, 2.24) is 10.2 Å². The van der Waals surface area contributed by atoms with Crippen molar-refractivity contribution in [2.75, 3.05) is 39.5 Å². The molecule has 0 saturated carbocycles. The first-order valence-corrected chi connectivity index (χ1v) is 8.90. The van der Waals surface area contributed by atoms with E-state index in [1.165, 1.54) is 4.90 Å². The standard InChI is InChI=1S/C17H26N2O2S.ClH/c1-18-13-14-7-10-19(11-8-14)17(20)9-12-22-16-5-3-15(21-2)4-6-16;/h3-6,14,18H,7-13H2,1-2H3;1H. The Bertz CT molecular complexity index is 462. The third kappa shape index (κ3) is 6.61. The van der Waals surface area contributed by atoms with Crippen LogP contribution in [0.25, 0.3) is 0 Å². The van der Waals surface area contributed by atoms with Crippen LogP contribution < -0.4 is 10.1 Å². The summed E-state index contributed by atoms with van der Waals surface area (Å²) in [6.45, 7) is 2.89. The molecule has 1 aromatic rings. The summed E-state index contributed by atoms with van der Waals surface area (Å²) in [5.74, 6) is 2.72. The Hall–Kier alpha value is -0.910. The SMILES string of the molecule is CNCC1CCN(C(=O)CCSc2ccc(OC)cc2)CC1.Cl. The number of halogens is 1. The summed E-state index contributed by atoms with van der Waals surface area (Å²) in [7, 11) is 3.66. The number of ether oxygens (including phenoxy) is 1. The van der Waals surface area contributed by atoms with Gasteiger partial charge in [-0.3, -0.25) is 4.79 Å². The van der Waals surface area contributed by atoms with Gasteiger partial charge in [0.1, 0.15) is 5.75 Å². The van der Waals surface area contributed by atoms with Crippen molar-refractivity contribution >= 4 is 30.1 Å². The number of hydrogen-bond acceptors (Lipinski definition) is 4. The van der Waals surface area contributed by atoms with Crippen molar-refractivity contribution in [2.45, 2.75) is 24.2 Å². The average Bonchev–Trinajstić information content (AvgIpc) is 2.56. The average molecular weight is 359 g/mol. The van der Waals surface area contributed by atoms with Crippen LogP contribution in [0, 0.1) is 5.92 Å². The van der Waals surface area contributed by atoms with E-state index in [1.807, 2.05) is 36.2 Å². The fourth-order valence-corrected chi connectivity index (χ4v) is 3.60. The quantitative estimate of drug-likeness (QED) is 0.760. The lowest BCUT2D eigenvalue weighted by atomic mass is 9.97. The number of rotatable bonds is 7. The monoisotopic (exact) mass is 358 g/mol. The van der Waals surface area contributed by atoms with Crippen LogP contribution in [0.4, 0.5) is 0 Å². The fourth-order valence-electron chi connectivity index (χ4n) is 2.76. The van der Waals surface area contributed by atoms with E-state index in [0.717, 1.165) is 49.9 Å².